The first kappa shape index (κ1) is 26.9. The molecule has 0 aromatic rings. The van der Waals surface area contributed by atoms with E-state index in [1.165, 1.54) is 64.2 Å². The number of ether oxygens (including phenoxy) is 1. The molecule has 36 heavy (non-hydrogen) atoms. The van der Waals surface area contributed by atoms with Gasteiger partial charge in [0.05, 0.1) is 24.2 Å². The Morgan fingerprint density at radius 2 is 1.69 bits per heavy atom. The number of fused-ring (bicyclic) bond motifs is 1. The molecule has 2 heterocycles. The largest absolute Gasteiger partial charge is 0.393 e. The molecule has 7 nitrogen and oxygen atoms in total. The van der Waals surface area contributed by atoms with Crippen LogP contribution in [0.4, 0.5) is 0 Å². The Bertz CT molecular complexity index is 709. The van der Waals surface area contributed by atoms with E-state index in [9.17, 15) is 15.0 Å². The molecule has 2 saturated heterocycles. The topological polar surface area (TPSA) is 85.3 Å². The van der Waals surface area contributed by atoms with Gasteiger partial charge in [0.1, 0.15) is 0 Å². The van der Waals surface area contributed by atoms with Gasteiger partial charge < -0.3 is 30.1 Å². The fraction of sp³-hybridized carbons (Fsp3) is 0.966. The average Bonchev–Trinajstić information content (AvgIpc) is 2.89. The first-order valence-electron chi connectivity index (χ1n) is 15.2. The van der Waals surface area contributed by atoms with E-state index in [1.807, 2.05) is 0 Å². The molecule has 7 unspecified atom stereocenters. The van der Waals surface area contributed by atoms with Gasteiger partial charge in [-0.05, 0) is 82.8 Å². The summed E-state index contributed by atoms with van der Waals surface area (Å²) in [6.45, 7) is 4.58. The van der Waals surface area contributed by atoms with E-state index >= 15 is 0 Å². The number of amides is 1. The summed E-state index contributed by atoms with van der Waals surface area (Å²) >= 11 is 0. The molecule has 0 aromatic carbocycles. The number of carbonyl (C=O) groups is 1. The molecule has 2 aliphatic heterocycles. The second-order valence-corrected chi connectivity index (χ2v) is 12.9. The third-order valence-corrected chi connectivity index (χ3v) is 10.3. The van der Waals surface area contributed by atoms with Gasteiger partial charge in [0, 0.05) is 44.6 Å². The molecule has 7 atom stereocenters. The van der Waals surface area contributed by atoms with Crippen LogP contribution in [0.5, 0.6) is 0 Å². The first-order valence-corrected chi connectivity index (χ1v) is 15.2. The third-order valence-electron chi connectivity index (χ3n) is 10.3. The van der Waals surface area contributed by atoms with Crippen LogP contribution >= 0.6 is 0 Å². The average molecular weight is 506 g/mol. The van der Waals surface area contributed by atoms with Crippen molar-refractivity contribution in [3.8, 4) is 0 Å². The fourth-order valence-corrected chi connectivity index (χ4v) is 8.05. The minimum absolute atomic E-state index is 0.0603. The molecule has 7 heteroatoms. The Hall–Kier alpha value is -0.730. The lowest BCUT2D eigenvalue weighted by atomic mass is 9.71. The molecule has 206 valence electrons. The Kier molecular flexibility index (Phi) is 9.27. The molecule has 1 amide bonds. The molecular formula is C29H51N3O4. The quantitative estimate of drug-likeness (QED) is 0.515. The minimum Gasteiger partial charge on any atom is -0.393 e. The Morgan fingerprint density at radius 3 is 2.47 bits per heavy atom. The van der Waals surface area contributed by atoms with Crippen LogP contribution in [0.3, 0.4) is 0 Å². The van der Waals surface area contributed by atoms with Gasteiger partial charge in [0.25, 0.3) is 0 Å². The van der Waals surface area contributed by atoms with Crippen molar-refractivity contribution in [2.75, 3.05) is 39.8 Å². The lowest BCUT2D eigenvalue weighted by molar-refractivity contribution is -0.162. The summed E-state index contributed by atoms with van der Waals surface area (Å²) in [7, 11) is 2.21. The minimum atomic E-state index is -0.824. The second-order valence-electron chi connectivity index (χ2n) is 12.9. The molecular weight excluding hydrogens is 454 g/mol. The normalized spacial score (nSPS) is 39.6. The standard InChI is InChI=1S/C29H51N3O4/c1-31-13-11-22(12-14-31)30-25-9-5-8-21-10-15-32(18-24(21)25)29(35)28-26(34)16-23(33)17-27(28)36-19-20-6-3-2-4-7-20/h20-28,30,33-34H,2-19H2,1H3. The summed E-state index contributed by atoms with van der Waals surface area (Å²) in [6.07, 6.45) is 12.4. The second kappa shape index (κ2) is 12.4. The number of piperidine rings is 2. The lowest BCUT2D eigenvalue weighted by Gasteiger charge is -2.48. The van der Waals surface area contributed by atoms with Gasteiger partial charge in [-0.25, -0.2) is 0 Å². The zero-order valence-electron chi connectivity index (χ0n) is 22.5. The molecule has 5 rings (SSSR count). The van der Waals surface area contributed by atoms with E-state index in [-0.39, 0.29) is 18.4 Å². The summed E-state index contributed by atoms with van der Waals surface area (Å²) in [6, 6.07) is 1.08. The number of nitrogens with one attached hydrogen (secondary N) is 1. The lowest BCUT2D eigenvalue weighted by Crippen LogP contribution is -2.59. The van der Waals surface area contributed by atoms with Gasteiger partial charge in [-0.1, -0.05) is 25.7 Å². The number of aliphatic hydroxyl groups excluding tert-OH is 2. The number of nitrogens with zero attached hydrogens (tertiary/aromatic N) is 2. The van der Waals surface area contributed by atoms with E-state index in [0.717, 1.165) is 32.6 Å². The van der Waals surface area contributed by atoms with Gasteiger partial charge >= 0.3 is 0 Å². The highest BCUT2D eigenvalue weighted by Crippen LogP contribution is 2.39. The maximum Gasteiger partial charge on any atom is 0.230 e. The zero-order valence-corrected chi connectivity index (χ0v) is 22.5. The van der Waals surface area contributed by atoms with Crippen molar-refractivity contribution in [3.05, 3.63) is 0 Å². The summed E-state index contributed by atoms with van der Waals surface area (Å²) in [4.78, 5) is 18.4. The molecule has 0 radical (unpaired) electrons. The molecule has 3 N–H and O–H groups in total. The van der Waals surface area contributed by atoms with Crippen molar-refractivity contribution in [2.24, 2.45) is 23.7 Å². The number of aliphatic hydroxyl groups is 2. The number of hydrogen-bond donors (Lipinski definition) is 3. The number of hydrogen-bond acceptors (Lipinski definition) is 6. The Morgan fingerprint density at radius 1 is 0.917 bits per heavy atom. The van der Waals surface area contributed by atoms with Gasteiger partial charge in [0.2, 0.25) is 5.91 Å². The summed E-state index contributed by atoms with van der Waals surface area (Å²) < 4.78 is 6.34. The molecule has 0 aromatic heterocycles. The van der Waals surface area contributed by atoms with Gasteiger partial charge in [0.15, 0.2) is 0 Å². The highest BCUT2D eigenvalue weighted by atomic mass is 16.5. The van der Waals surface area contributed by atoms with E-state index in [0.29, 0.717) is 42.9 Å². The van der Waals surface area contributed by atoms with Crippen molar-refractivity contribution in [1.82, 2.24) is 15.1 Å². The predicted molar refractivity (Wildman–Crippen MR) is 141 cm³/mol. The number of likely N-dealkylation sites (tertiary alicyclic amines) is 2. The Labute approximate surface area is 218 Å². The zero-order chi connectivity index (χ0) is 25.1. The SMILES string of the molecule is CN1CCC(NC2CCCC3CCN(C(=O)C4C(O)CC(O)CC4OCC4CCCCC4)CC32)CC1. The smallest absolute Gasteiger partial charge is 0.230 e. The molecule has 0 spiro atoms. The van der Waals surface area contributed by atoms with Crippen LogP contribution in [0, 0.1) is 23.7 Å². The predicted octanol–water partition coefficient (Wildman–Crippen LogP) is 2.78. The summed E-state index contributed by atoms with van der Waals surface area (Å²) in [5, 5.41) is 25.4. The molecule has 0 bridgehead atoms. The highest BCUT2D eigenvalue weighted by Gasteiger charge is 2.46. The van der Waals surface area contributed by atoms with Crippen LogP contribution in [0.25, 0.3) is 0 Å². The molecule has 5 aliphatic rings. The van der Waals surface area contributed by atoms with Crippen molar-refractivity contribution in [3.63, 3.8) is 0 Å². The van der Waals surface area contributed by atoms with Gasteiger partial charge in [-0.15, -0.1) is 0 Å². The van der Waals surface area contributed by atoms with Crippen molar-refractivity contribution in [2.45, 2.75) is 114 Å². The van der Waals surface area contributed by atoms with Crippen LogP contribution in [0.15, 0.2) is 0 Å². The van der Waals surface area contributed by atoms with Crippen LogP contribution in [0.1, 0.15) is 83.5 Å². The summed E-state index contributed by atoms with van der Waals surface area (Å²) in [5.41, 5.74) is 0. The molecule has 3 saturated carbocycles. The van der Waals surface area contributed by atoms with Crippen LogP contribution in [0.2, 0.25) is 0 Å². The number of carbonyl (C=O) groups excluding carboxylic acids is 1. The van der Waals surface area contributed by atoms with Crippen LogP contribution in [-0.4, -0.2) is 96.1 Å². The Balaban J connectivity index is 1.22. The third kappa shape index (κ3) is 6.45. The molecule has 5 fully saturated rings. The molecule has 3 aliphatic carbocycles. The fourth-order valence-electron chi connectivity index (χ4n) is 8.05. The van der Waals surface area contributed by atoms with E-state index < -0.39 is 18.1 Å². The van der Waals surface area contributed by atoms with Gasteiger partial charge in [-0.2, -0.15) is 0 Å². The highest BCUT2D eigenvalue weighted by molar-refractivity contribution is 5.80. The van der Waals surface area contributed by atoms with Crippen molar-refractivity contribution in [1.29, 1.82) is 0 Å². The van der Waals surface area contributed by atoms with Gasteiger partial charge in [-0.3, -0.25) is 4.79 Å². The maximum atomic E-state index is 13.9. The number of rotatable bonds is 6. The monoisotopic (exact) mass is 505 g/mol. The van der Waals surface area contributed by atoms with Crippen molar-refractivity contribution < 1.29 is 19.7 Å². The van der Waals surface area contributed by atoms with E-state index in [1.54, 1.807) is 0 Å². The van der Waals surface area contributed by atoms with E-state index in [4.69, 9.17) is 4.74 Å². The van der Waals surface area contributed by atoms with Crippen LogP contribution in [-0.2, 0) is 9.53 Å². The van der Waals surface area contributed by atoms with Crippen LogP contribution < -0.4 is 5.32 Å². The van der Waals surface area contributed by atoms with E-state index in [2.05, 4.69) is 22.2 Å². The first-order chi connectivity index (χ1) is 17.5. The maximum absolute atomic E-state index is 13.9. The summed E-state index contributed by atoms with van der Waals surface area (Å²) in [5.74, 6) is 1.27. The van der Waals surface area contributed by atoms with Crippen molar-refractivity contribution >= 4 is 5.91 Å².